The third-order valence-electron chi connectivity index (χ3n) is 4.01. The number of halogens is 5. The Morgan fingerprint density at radius 3 is 2.44 bits per heavy atom. The van der Waals surface area contributed by atoms with Crippen LogP contribution in [-0.4, -0.2) is 19.6 Å². The van der Waals surface area contributed by atoms with E-state index in [1.165, 1.54) is 23.0 Å². The lowest BCUT2D eigenvalue weighted by molar-refractivity contribution is -0.140. The number of nitrogens with zero attached hydrogens (tertiary/aromatic N) is 4. The molecular weight excluding hydrogens is 386 g/mol. The third-order valence-corrected chi connectivity index (χ3v) is 4.20. The zero-order valence-corrected chi connectivity index (χ0v) is 15.4. The molecule has 0 spiro atoms. The zero-order chi connectivity index (χ0) is 20.0. The highest BCUT2D eigenvalue weighted by Gasteiger charge is 2.35. The highest BCUT2D eigenvalue weighted by atomic mass is 35.5. The van der Waals surface area contributed by atoms with Crippen molar-refractivity contribution in [1.82, 2.24) is 19.6 Å². The minimum atomic E-state index is -4.75. The van der Waals surface area contributed by atoms with E-state index >= 15 is 0 Å². The van der Waals surface area contributed by atoms with E-state index in [-0.39, 0.29) is 10.9 Å². The van der Waals surface area contributed by atoms with Crippen molar-refractivity contribution in [2.45, 2.75) is 33.0 Å². The van der Waals surface area contributed by atoms with Crippen molar-refractivity contribution in [3.63, 3.8) is 0 Å². The Kier molecular flexibility index (Phi) is 4.75. The first-order chi connectivity index (χ1) is 12.5. The van der Waals surface area contributed by atoms with Gasteiger partial charge in [-0.2, -0.15) is 32.8 Å². The van der Waals surface area contributed by atoms with Crippen LogP contribution in [0.25, 0.3) is 5.78 Å². The molecule has 2 heterocycles. The lowest BCUT2D eigenvalue weighted by atomic mass is 9.82. The van der Waals surface area contributed by atoms with Crippen molar-refractivity contribution >= 4 is 23.2 Å². The van der Waals surface area contributed by atoms with E-state index < -0.39 is 29.0 Å². The van der Waals surface area contributed by atoms with Gasteiger partial charge in [0, 0.05) is 6.07 Å². The van der Waals surface area contributed by atoms with E-state index in [2.05, 4.69) is 20.4 Å². The van der Waals surface area contributed by atoms with Crippen molar-refractivity contribution in [2.75, 3.05) is 5.32 Å². The molecule has 0 unspecified atom stereocenters. The number of hydrogen-bond acceptors (Lipinski definition) is 4. The summed E-state index contributed by atoms with van der Waals surface area (Å²) < 4.78 is 54.1. The van der Waals surface area contributed by atoms with Crippen molar-refractivity contribution in [1.29, 1.82) is 0 Å². The van der Waals surface area contributed by atoms with E-state index in [1.807, 2.05) is 20.8 Å². The van der Waals surface area contributed by atoms with Gasteiger partial charge in [-0.3, -0.25) is 0 Å². The molecule has 0 saturated carbocycles. The Morgan fingerprint density at radius 2 is 1.85 bits per heavy atom. The molecule has 0 saturated heterocycles. The maximum Gasteiger partial charge on any atom is 0.419 e. The minimum Gasteiger partial charge on any atom is -0.362 e. The van der Waals surface area contributed by atoms with Gasteiger partial charge in [-0.1, -0.05) is 38.4 Å². The van der Waals surface area contributed by atoms with Gasteiger partial charge < -0.3 is 5.32 Å². The number of fused-ring (bicyclic) bond motifs is 1. The van der Waals surface area contributed by atoms with Crippen molar-refractivity contribution in [3.05, 3.63) is 52.7 Å². The molecule has 10 heteroatoms. The van der Waals surface area contributed by atoms with Gasteiger partial charge in [-0.15, -0.1) is 0 Å². The van der Waals surface area contributed by atoms with Crippen LogP contribution in [0.15, 0.2) is 30.6 Å². The Morgan fingerprint density at radius 1 is 1.15 bits per heavy atom. The molecule has 0 amide bonds. The number of hydrogen-bond donors (Lipinski definition) is 1. The number of anilines is 1. The Bertz CT molecular complexity index is 978. The molecular formula is C17H16ClF4N5. The molecule has 1 atom stereocenters. The summed E-state index contributed by atoms with van der Waals surface area (Å²) in [5, 5.41) is 7.40. The fraction of sp³-hybridized carbons (Fsp3) is 0.353. The molecule has 0 aliphatic carbocycles. The molecule has 2 aromatic heterocycles. The smallest absolute Gasteiger partial charge is 0.362 e. The van der Waals surface area contributed by atoms with E-state index in [1.54, 1.807) is 0 Å². The van der Waals surface area contributed by atoms with Crippen LogP contribution in [0.1, 0.15) is 37.9 Å². The molecule has 1 N–H and O–H groups in total. The maximum atomic E-state index is 14.1. The molecule has 5 nitrogen and oxygen atoms in total. The van der Waals surface area contributed by atoms with Gasteiger partial charge in [0.25, 0.3) is 5.78 Å². The van der Waals surface area contributed by atoms with Gasteiger partial charge in [0.15, 0.2) is 0 Å². The lowest BCUT2D eigenvalue weighted by Gasteiger charge is -2.33. The number of alkyl halides is 3. The molecule has 3 rings (SSSR count). The van der Waals surface area contributed by atoms with Crippen molar-refractivity contribution in [2.24, 2.45) is 5.41 Å². The van der Waals surface area contributed by atoms with Crippen molar-refractivity contribution < 1.29 is 17.6 Å². The quantitative estimate of drug-likeness (QED) is 0.488. The van der Waals surface area contributed by atoms with Crippen LogP contribution in [0.4, 0.5) is 23.4 Å². The maximum absolute atomic E-state index is 14.1. The van der Waals surface area contributed by atoms with Crippen LogP contribution >= 0.6 is 11.6 Å². The zero-order valence-electron chi connectivity index (χ0n) is 14.6. The summed E-state index contributed by atoms with van der Waals surface area (Å²) in [6.07, 6.45) is -3.45. The average Bonchev–Trinajstić information content (AvgIpc) is 2.98. The lowest BCUT2D eigenvalue weighted by Crippen LogP contribution is -2.27. The molecule has 0 bridgehead atoms. The Hall–Kier alpha value is -2.42. The summed E-state index contributed by atoms with van der Waals surface area (Å²) in [6.45, 7) is 5.63. The van der Waals surface area contributed by atoms with Crippen LogP contribution in [-0.2, 0) is 6.18 Å². The normalized spacial score (nSPS) is 13.8. The topological polar surface area (TPSA) is 55.1 Å². The van der Waals surface area contributed by atoms with Crippen LogP contribution in [0.3, 0.4) is 0 Å². The minimum absolute atomic E-state index is 0.171. The predicted octanol–water partition coefficient (Wildman–Crippen LogP) is 5.13. The molecule has 0 aliphatic rings. The van der Waals surface area contributed by atoms with Crippen LogP contribution in [0, 0.1) is 11.2 Å². The number of rotatable bonds is 3. The van der Waals surface area contributed by atoms with Gasteiger partial charge in [-0.05, 0) is 23.1 Å². The van der Waals surface area contributed by atoms with E-state index in [9.17, 15) is 17.6 Å². The SMILES string of the molecule is CC(C)(C)[C@@H](Nc1cc(Cl)nc2ncnn12)c1ccc(C(F)(F)F)c(F)c1. The molecule has 3 aromatic rings. The summed E-state index contributed by atoms with van der Waals surface area (Å²) in [7, 11) is 0. The second kappa shape index (κ2) is 6.63. The molecule has 0 aliphatic heterocycles. The Labute approximate surface area is 157 Å². The summed E-state index contributed by atoms with van der Waals surface area (Å²) in [5.41, 5.74) is -1.42. The monoisotopic (exact) mass is 401 g/mol. The predicted molar refractivity (Wildman–Crippen MR) is 93.0 cm³/mol. The standard InChI is InChI=1S/C17H16ClF4N5/c1-16(2,3)14(9-4-5-10(11(19)6-9)17(20,21)22)26-13-7-12(18)25-15-23-8-24-27(13)15/h4-8,14,26H,1-3H3/t14-/m0/s1. The van der Waals surface area contributed by atoms with E-state index in [4.69, 9.17) is 11.6 Å². The van der Waals surface area contributed by atoms with Crippen LogP contribution < -0.4 is 5.32 Å². The van der Waals surface area contributed by atoms with E-state index in [0.717, 1.165) is 12.1 Å². The third kappa shape index (κ3) is 3.97. The largest absolute Gasteiger partial charge is 0.419 e. The molecule has 0 fully saturated rings. The Balaban J connectivity index is 2.05. The summed E-state index contributed by atoms with van der Waals surface area (Å²) in [6, 6.07) is 3.88. The molecule has 144 valence electrons. The second-order valence-electron chi connectivity index (χ2n) is 7.12. The summed E-state index contributed by atoms with van der Waals surface area (Å²) in [4.78, 5) is 7.99. The highest BCUT2D eigenvalue weighted by Crippen LogP contribution is 2.38. The number of benzene rings is 1. The van der Waals surface area contributed by atoms with Gasteiger partial charge in [-0.25, -0.2) is 4.39 Å². The first-order valence-corrected chi connectivity index (χ1v) is 8.34. The fourth-order valence-electron chi connectivity index (χ4n) is 2.77. The van der Waals surface area contributed by atoms with Crippen LogP contribution in [0.2, 0.25) is 5.15 Å². The number of aromatic nitrogens is 4. The summed E-state index contributed by atoms with van der Waals surface area (Å²) >= 11 is 6.00. The highest BCUT2D eigenvalue weighted by molar-refractivity contribution is 6.29. The van der Waals surface area contributed by atoms with Crippen molar-refractivity contribution in [3.8, 4) is 0 Å². The van der Waals surface area contributed by atoms with Gasteiger partial charge in [0.05, 0.1) is 11.6 Å². The average molecular weight is 402 g/mol. The summed E-state index contributed by atoms with van der Waals surface area (Å²) in [5.74, 6) is -0.631. The first-order valence-electron chi connectivity index (χ1n) is 7.96. The van der Waals surface area contributed by atoms with Crippen LogP contribution in [0.5, 0.6) is 0 Å². The van der Waals surface area contributed by atoms with Gasteiger partial charge >= 0.3 is 6.18 Å². The number of nitrogens with one attached hydrogen (secondary N) is 1. The second-order valence-corrected chi connectivity index (χ2v) is 7.50. The molecule has 0 radical (unpaired) electrons. The fourth-order valence-corrected chi connectivity index (χ4v) is 2.95. The first kappa shape index (κ1) is 19.3. The van der Waals surface area contributed by atoms with Gasteiger partial charge in [0.1, 0.15) is 23.1 Å². The molecule has 1 aromatic carbocycles. The molecule has 27 heavy (non-hydrogen) atoms. The van der Waals surface area contributed by atoms with E-state index in [0.29, 0.717) is 11.4 Å². The van der Waals surface area contributed by atoms with Gasteiger partial charge in [0.2, 0.25) is 0 Å².